The number of aliphatic hydroxyl groups excluding tert-OH is 1. The van der Waals surface area contributed by atoms with Gasteiger partial charge in [-0.05, 0) is 32.6 Å². The summed E-state index contributed by atoms with van der Waals surface area (Å²) in [5.41, 5.74) is 0. The monoisotopic (exact) mass is 240 g/mol. The second kappa shape index (κ2) is 5.83. The molecule has 98 valence electrons. The van der Waals surface area contributed by atoms with Crippen LogP contribution in [0.3, 0.4) is 0 Å². The Labute approximate surface area is 104 Å². The van der Waals surface area contributed by atoms with Gasteiger partial charge >= 0.3 is 0 Å². The summed E-state index contributed by atoms with van der Waals surface area (Å²) in [6.45, 7) is 4.61. The number of rotatable bonds is 5. The lowest BCUT2D eigenvalue weighted by molar-refractivity contribution is -0.137. The molecule has 2 rings (SSSR count). The van der Waals surface area contributed by atoms with Crippen molar-refractivity contribution >= 4 is 5.91 Å². The van der Waals surface area contributed by atoms with Crippen molar-refractivity contribution in [2.75, 3.05) is 26.2 Å². The summed E-state index contributed by atoms with van der Waals surface area (Å²) in [7, 11) is 0. The molecule has 1 aliphatic heterocycles. The van der Waals surface area contributed by atoms with Crippen LogP contribution in [0.25, 0.3) is 0 Å². The van der Waals surface area contributed by atoms with Crippen LogP contribution in [0.2, 0.25) is 0 Å². The van der Waals surface area contributed by atoms with E-state index in [2.05, 4.69) is 4.90 Å². The van der Waals surface area contributed by atoms with E-state index in [4.69, 9.17) is 5.11 Å². The molecule has 1 aliphatic carbocycles. The number of likely N-dealkylation sites (tertiary alicyclic amines) is 1. The van der Waals surface area contributed by atoms with E-state index >= 15 is 0 Å². The summed E-state index contributed by atoms with van der Waals surface area (Å²) in [5, 5.41) is 9.13. The quantitative estimate of drug-likeness (QED) is 0.774. The summed E-state index contributed by atoms with van der Waals surface area (Å²) < 4.78 is 0. The van der Waals surface area contributed by atoms with Crippen LogP contribution < -0.4 is 0 Å². The van der Waals surface area contributed by atoms with Gasteiger partial charge in [-0.2, -0.15) is 0 Å². The lowest BCUT2D eigenvalue weighted by atomic mass is 9.90. The van der Waals surface area contributed by atoms with Crippen LogP contribution in [0.1, 0.15) is 39.0 Å². The number of carbonyl (C=O) groups is 1. The zero-order chi connectivity index (χ0) is 12.3. The standard InChI is InChI=1S/C13H24N2O2/c1-11(13(17)14-7-2-3-8-14)15(9-10-16)12-5-4-6-12/h11-12,16H,2-10H2,1H3. The Morgan fingerprint density at radius 3 is 2.47 bits per heavy atom. The highest BCUT2D eigenvalue weighted by molar-refractivity contribution is 5.81. The first-order valence-electron chi connectivity index (χ1n) is 6.89. The maximum absolute atomic E-state index is 12.3. The van der Waals surface area contributed by atoms with Crippen LogP contribution in [0.4, 0.5) is 0 Å². The van der Waals surface area contributed by atoms with Crippen LogP contribution in [-0.4, -0.2) is 59.1 Å². The van der Waals surface area contributed by atoms with Crippen molar-refractivity contribution < 1.29 is 9.90 Å². The maximum Gasteiger partial charge on any atom is 0.239 e. The Hall–Kier alpha value is -0.610. The number of amides is 1. The van der Waals surface area contributed by atoms with E-state index in [1.54, 1.807) is 0 Å². The van der Waals surface area contributed by atoms with Crippen molar-refractivity contribution in [3.8, 4) is 0 Å². The SMILES string of the molecule is CC(C(=O)N1CCCC1)N(CCO)C1CCC1. The third-order valence-electron chi connectivity index (χ3n) is 4.17. The number of nitrogens with zero attached hydrogens (tertiary/aromatic N) is 2. The molecule has 1 unspecified atom stereocenters. The first kappa shape index (κ1) is 12.8. The summed E-state index contributed by atoms with van der Waals surface area (Å²) in [5.74, 6) is 0.253. The molecule has 4 nitrogen and oxygen atoms in total. The zero-order valence-electron chi connectivity index (χ0n) is 10.8. The molecule has 0 bridgehead atoms. The lowest BCUT2D eigenvalue weighted by Crippen LogP contribution is -2.53. The Morgan fingerprint density at radius 1 is 1.35 bits per heavy atom. The molecule has 4 heteroatoms. The molecule has 0 spiro atoms. The molecule has 1 N–H and O–H groups in total. The molecule has 2 aliphatic rings. The fraction of sp³-hybridized carbons (Fsp3) is 0.923. The van der Waals surface area contributed by atoms with Gasteiger partial charge in [-0.25, -0.2) is 0 Å². The molecule has 1 atom stereocenters. The lowest BCUT2D eigenvalue weighted by Gasteiger charge is -2.41. The normalized spacial score (nSPS) is 22.9. The van der Waals surface area contributed by atoms with Gasteiger partial charge in [-0.3, -0.25) is 9.69 Å². The number of carbonyl (C=O) groups excluding carboxylic acids is 1. The van der Waals surface area contributed by atoms with Crippen LogP contribution in [-0.2, 0) is 4.79 Å². The first-order chi connectivity index (χ1) is 8.24. The van der Waals surface area contributed by atoms with Crippen LogP contribution >= 0.6 is 0 Å². The summed E-state index contributed by atoms with van der Waals surface area (Å²) >= 11 is 0. The molecule has 0 aromatic heterocycles. The van der Waals surface area contributed by atoms with E-state index in [1.165, 1.54) is 19.3 Å². The fourth-order valence-electron chi connectivity index (χ4n) is 2.87. The summed E-state index contributed by atoms with van der Waals surface area (Å²) in [6.07, 6.45) is 5.90. The van der Waals surface area contributed by atoms with Gasteiger partial charge < -0.3 is 10.0 Å². The fourth-order valence-corrected chi connectivity index (χ4v) is 2.87. The van der Waals surface area contributed by atoms with Gasteiger partial charge in [0, 0.05) is 25.7 Å². The average molecular weight is 240 g/mol. The Balaban J connectivity index is 1.93. The van der Waals surface area contributed by atoms with Gasteiger partial charge in [0.05, 0.1) is 12.6 Å². The predicted octanol–water partition coefficient (Wildman–Crippen LogP) is 0.844. The van der Waals surface area contributed by atoms with E-state index in [0.717, 1.165) is 25.9 Å². The molecular formula is C13H24N2O2. The molecule has 1 amide bonds. The topological polar surface area (TPSA) is 43.8 Å². The van der Waals surface area contributed by atoms with Gasteiger partial charge in [-0.1, -0.05) is 6.42 Å². The van der Waals surface area contributed by atoms with Crippen molar-refractivity contribution in [3.05, 3.63) is 0 Å². The molecule has 0 aromatic rings. The van der Waals surface area contributed by atoms with E-state index in [1.807, 2.05) is 11.8 Å². The van der Waals surface area contributed by atoms with E-state index in [0.29, 0.717) is 12.6 Å². The van der Waals surface area contributed by atoms with E-state index in [-0.39, 0.29) is 18.6 Å². The highest BCUT2D eigenvalue weighted by Gasteiger charge is 2.33. The van der Waals surface area contributed by atoms with Crippen molar-refractivity contribution in [1.29, 1.82) is 0 Å². The van der Waals surface area contributed by atoms with Gasteiger partial charge in [0.2, 0.25) is 5.91 Å². The minimum Gasteiger partial charge on any atom is -0.395 e. The van der Waals surface area contributed by atoms with Crippen LogP contribution in [0.5, 0.6) is 0 Å². The van der Waals surface area contributed by atoms with Gasteiger partial charge in [-0.15, -0.1) is 0 Å². The molecule has 2 fully saturated rings. The maximum atomic E-state index is 12.3. The Morgan fingerprint density at radius 2 is 2.00 bits per heavy atom. The van der Waals surface area contributed by atoms with E-state index in [9.17, 15) is 4.79 Å². The van der Waals surface area contributed by atoms with Crippen molar-refractivity contribution in [1.82, 2.24) is 9.80 Å². The summed E-state index contributed by atoms with van der Waals surface area (Å²) in [4.78, 5) is 16.5. The molecule has 1 saturated carbocycles. The third kappa shape index (κ3) is 2.80. The molecule has 0 radical (unpaired) electrons. The minimum absolute atomic E-state index is 0.0643. The summed E-state index contributed by atoms with van der Waals surface area (Å²) in [6, 6.07) is 0.453. The molecule has 1 saturated heterocycles. The molecule has 0 aromatic carbocycles. The largest absolute Gasteiger partial charge is 0.395 e. The van der Waals surface area contributed by atoms with Crippen molar-refractivity contribution in [3.63, 3.8) is 0 Å². The average Bonchev–Trinajstić information content (AvgIpc) is 2.77. The highest BCUT2D eigenvalue weighted by atomic mass is 16.3. The second-order valence-electron chi connectivity index (χ2n) is 5.25. The predicted molar refractivity (Wildman–Crippen MR) is 66.7 cm³/mol. The van der Waals surface area contributed by atoms with Crippen molar-refractivity contribution in [2.45, 2.75) is 51.1 Å². The molecule has 1 heterocycles. The van der Waals surface area contributed by atoms with Gasteiger partial charge in [0.1, 0.15) is 0 Å². The first-order valence-corrected chi connectivity index (χ1v) is 6.89. The second-order valence-corrected chi connectivity index (χ2v) is 5.25. The smallest absolute Gasteiger partial charge is 0.239 e. The van der Waals surface area contributed by atoms with Crippen LogP contribution in [0, 0.1) is 0 Å². The molecule has 17 heavy (non-hydrogen) atoms. The van der Waals surface area contributed by atoms with Crippen LogP contribution in [0.15, 0.2) is 0 Å². The van der Waals surface area contributed by atoms with Crippen molar-refractivity contribution in [2.24, 2.45) is 0 Å². The Bertz CT molecular complexity index is 260. The number of aliphatic hydroxyl groups is 1. The molecular weight excluding hydrogens is 216 g/mol. The van der Waals surface area contributed by atoms with Gasteiger partial charge in [0.25, 0.3) is 0 Å². The Kier molecular flexibility index (Phi) is 4.40. The number of hydrogen-bond donors (Lipinski definition) is 1. The number of hydrogen-bond acceptors (Lipinski definition) is 3. The third-order valence-corrected chi connectivity index (χ3v) is 4.17. The zero-order valence-corrected chi connectivity index (χ0v) is 10.8. The van der Waals surface area contributed by atoms with Gasteiger partial charge in [0.15, 0.2) is 0 Å². The minimum atomic E-state index is -0.0643. The highest BCUT2D eigenvalue weighted by Crippen LogP contribution is 2.27. The van der Waals surface area contributed by atoms with E-state index < -0.39 is 0 Å².